The third-order valence-electron chi connectivity index (χ3n) is 1.43. The molecule has 0 aliphatic rings. The van der Waals surface area contributed by atoms with Crippen molar-refractivity contribution in [1.82, 2.24) is 0 Å². The quantitative estimate of drug-likeness (QED) is 0.439. The van der Waals surface area contributed by atoms with E-state index in [2.05, 4.69) is 4.74 Å². The number of carbonyl (C=O) groups excluding carboxylic acids is 1. The Labute approximate surface area is 89.6 Å². The average molecular weight is 208 g/mol. The van der Waals surface area contributed by atoms with Crippen molar-refractivity contribution in [3.8, 4) is 0 Å². The fourth-order valence-corrected chi connectivity index (χ4v) is 0.821. The fourth-order valence-electron chi connectivity index (χ4n) is 0.821. The predicted octanol–water partition coefficient (Wildman–Crippen LogP) is 1.54. The van der Waals surface area contributed by atoms with E-state index in [4.69, 9.17) is 11.1 Å². The Morgan fingerprint density at radius 2 is 1.93 bits per heavy atom. The van der Waals surface area contributed by atoms with Crippen LogP contribution in [0.15, 0.2) is 30.3 Å². The lowest BCUT2D eigenvalue weighted by atomic mass is 10.2. The number of hydrogen-bond acceptors (Lipinski definition) is 3. The van der Waals surface area contributed by atoms with E-state index in [1.165, 1.54) is 6.92 Å². The SMILES string of the molecule is CCOC(C)=O.N=C(N)c1ccccc1. The zero-order chi connectivity index (χ0) is 11.7. The minimum atomic E-state index is -0.211. The molecule has 0 amide bonds. The maximum Gasteiger partial charge on any atom is 0.302 e. The Morgan fingerprint density at radius 1 is 1.40 bits per heavy atom. The standard InChI is InChI=1S/C7H8N2.C4H8O2/c8-7(9)6-4-2-1-3-5-6;1-3-6-4(2)5/h1-5H,(H3,8,9);3H2,1-2H3. The number of carbonyl (C=O) groups is 1. The van der Waals surface area contributed by atoms with Crippen LogP contribution >= 0.6 is 0 Å². The van der Waals surface area contributed by atoms with Crippen LogP contribution in [0.25, 0.3) is 0 Å². The van der Waals surface area contributed by atoms with Gasteiger partial charge in [0, 0.05) is 12.5 Å². The van der Waals surface area contributed by atoms with Gasteiger partial charge in [0.05, 0.1) is 6.61 Å². The van der Waals surface area contributed by atoms with Crippen LogP contribution in [0.5, 0.6) is 0 Å². The smallest absolute Gasteiger partial charge is 0.302 e. The molecular formula is C11H16N2O2. The van der Waals surface area contributed by atoms with E-state index >= 15 is 0 Å². The zero-order valence-corrected chi connectivity index (χ0v) is 8.99. The summed E-state index contributed by atoms with van der Waals surface area (Å²) in [4.78, 5) is 9.82. The largest absolute Gasteiger partial charge is 0.466 e. The van der Waals surface area contributed by atoms with Gasteiger partial charge >= 0.3 is 5.97 Å². The van der Waals surface area contributed by atoms with Crippen LogP contribution in [0, 0.1) is 5.41 Å². The first-order chi connectivity index (χ1) is 7.07. The summed E-state index contributed by atoms with van der Waals surface area (Å²) < 4.78 is 4.40. The van der Waals surface area contributed by atoms with E-state index in [1.807, 2.05) is 30.3 Å². The number of nitrogens with one attached hydrogen (secondary N) is 1. The highest BCUT2D eigenvalue weighted by Gasteiger charge is 1.89. The van der Waals surface area contributed by atoms with Gasteiger partial charge in [-0.1, -0.05) is 30.3 Å². The van der Waals surface area contributed by atoms with E-state index < -0.39 is 0 Å². The van der Waals surface area contributed by atoms with Crippen molar-refractivity contribution in [2.75, 3.05) is 6.61 Å². The maximum absolute atomic E-state index is 9.82. The first-order valence-electron chi connectivity index (χ1n) is 4.60. The highest BCUT2D eigenvalue weighted by Crippen LogP contribution is 1.94. The molecule has 0 aliphatic carbocycles. The molecule has 0 bridgehead atoms. The second-order valence-corrected chi connectivity index (χ2v) is 2.70. The molecule has 0 saturated carbocycles. The highest BCUT2D eigenvalue weighted by atomic mass is 16.5. The molecule has 1 rings (SSSR count). The topological polar surface area (TPSA) is 76.2 Å². The first-order valence-corrected chi connectivity index (χ1v) is 4.60. The van der Waals surface area contributed by atoms with Gasteiger partial charge in [-0.2, -0.15) is 0 Å². The van der Waals surface area contributed by atoms with E-state index in [9.17, 15) is 4.79 Å². The van der Waals surface area contributed by atoms with Crippen molar-refractivity contribution < 1.29 is 9.53 Å². The highest BCUT2D eigenvalue weighted by molar-refractivity contribution is 5.94. The van der Waals surface area contributed by atoms with Crippen molar-refractivity contribution in [1.29, 1.82) is 5.41 Å². The molecule has 3 N–H and O–H groups in total. The monoisotopic (exact) mass is 208 g/mol. The number of ether oxygens (including phenoxy) is 1. The molecule has 0 unspecified atom stereocenters. The van der Waals surface area contributed by atoms with Crippen LogP contribution in [-0.2, 0) is 9.53 Å². The summed E-state index contributed by atoms with van der Waals surface area (Å²) in [6.45, 7) is 3.65. The molecule has 1 aromatic carbocycles. The molecule has 1 aromatic rings. The van der Waals surface area contributed by atoms with Crippen LogP contribution in [0.2, 0.25) is 0 Å². The number of esters is 1. The Hall–Kier alpha value is -1.84. The molecule has 0 saturated heterocycles. The van der Waals surface area contributed by atoms with Gasteiger partial charge in [-0.05, 0) is 6.92 Å². The molecule has 15 heavy (non-hydrogen) atoms. The summed E-state index contributed by atoms with van der Waals surface area (Å²) in [7, 11) is 0. The van der Waals surface area contributed by atoms with Crippen LogP contribution in [0.3, 0.4) is 0 Å². The normalized spacial score (nSPS) is 8.40. The van der Waals surface area contributed by atoms with Gasteiger partial charge in [-0.15, -0.1) is 0 Å². The number of nitrogen functional groups attached to an aromatic ring is 1. The van der Waals surface area contributed by atoms with E-state index in [1.54, 1.807) is 6.92 Å². The number of nitrogens with two attached hydrogens (primary N) is 1. The van der Waals surface area contributed by atoms with Crippen LogP contribution in [-0.4, -0.2) is 18.4 Å². The number of amidine groups is 1. The Kier molecular flexibility index (Phi) is 6.63. The van der Waals surface area contributed by atoms with Gasteiger partial charge in [-0.25, -0.2) is 0 Å². The average Bonchev–Trinajstić information content (AvgIpc) is 2.20. The summed E-state index contributed by atoms with van der Waals surface area (Å²) in [5.74, 6) is -0.0897. The summed E-state index contributed by atoms with van der Waals surface area (Å²) in [5, 5.41) is 7.01. The van der Waals surface area contributed by atoms with Gasteiger partial charge < -0.3 is 10.5 Å². The summed E-state index contributed by atoms with van der Waals surface area (Å²) >= 11 is 0. The number of rotatable bonds is 2. The Morgan fingerprint density at radius 3 is 2.13 bits per heavy atom. The third kappa shape index (κ3) is 7.25. The van der Waals surface area contributed by atoms with Gasteiger partial charge in [0.25, 0.3) is 0 Å². The lowest BCUT2D eigenvalue weighted by Gasteiger charge is -1.93. The third-order valence-corrected chi connectivity index (χ3v) is 1.43. The number of benzene rings is 1. The molecule has 82 valence electrons. The van der Waals surface area contributed by atoms with Crippen molar-refractivity contribution in [3.05, 3.63) is 35.9 Å². The van der Waals surface area contributed by atoms with Crippen molar-refractivity contribution in [2.45, 2.75) is 13.8 Å². The van der Waals surface area contributed by atoms with Crippen molar-refractivity contribution in [2.24, 2.45) is 5.73 Å². The second-order valence-electron chi connectivity index (χ2n) is 2.70. The molecule has 4 heteroatoms. The summed E-state index contributed by atoms with van der Waals surface area (Å²) in [6.07, 6.45) is 0. The lowest BCUT2D eigenvalue weighted by Crippen LogP contribution is -2.10. The molecule has 0 radical (unpaired) electrons. The minimum absolute atomic E-state index is 0.121. The maximum atomic E-state index is 9.82. The second kappa shape index (κ2) is 7.55. The van der Waals surface area contributed by atoms with Crippen molar-refractivity contribution in [3.63, 3.8) is 0 Å². The van der Waals surface area contributed by atoms with Gasteiger partial charge in [-0.3, -0.25) is 10.2 Å². The molecule has 0 fully saturated rings. The van der Waals surface area contributed by atoms with Crippen LogP contribution in [0.4, 0.5) is 0 Å². The Balaban J connectivity index is 0.000000288. The summed E-state index contributed by atoms with van der Waals surface area (Å²) in [6, 6.07) is 9.23. The van der Waals surface area contributed by atoms with Gasteiger partial charge in [0.15, 0.2) is 0 Å². The minimum Gasteiger partial charge on any atom is -0.466 e. The molecule has 0 aliphatic heterocycles. The molecular weight excluding hydrogens is 192 g/mol. The molecule has 0 atom stereocenters. The van der Waals surface area contributed by atoms with E-state index in [0.717, 1.165) is 5.56 Å². The molecule has 4 nitrogen and oxygen atoms in total. The lowest BCUT2D eigenvalue weighted by molar-refractivity contribution is -0.140. The first kappa shape index (κ1) is 13.2. The molecule has 0 heterocycles. The van der Waals surface area contributed by atoms with E-state index in [-0.39, 0.29) is 11.8 Å². The fraction of sp³-hybridized carbons (Fsp3) is 0.273. The predicted molar refractivity (Wildman–Crippen MR) is 59.8 cm³/mol. The zero-order valence-electron chi connectivity index (χ0n) is 8.99. The molecule has 0 spiro atoms. The molecule has 0 aromatic heterocycles. The van der Waals surface area contributed by atoms with Crippen LogP contribution in [0.1, 0.15) is 19.4 Å². The number of hydrogen-bond donors (Lipinski definition) is 2. The van der Waals surface area contributed by atoms with Gasteiger partial charge in [0.1, 0.15) is 5.84 Å². The van der Waals surface area contributed by atoms with Crippen LogP contribution < -0.4 is 5.73 Å². The van der Waals surface area contributed by atoms with Crippen molar-refractivity contribution >= 4 is 11.8 Å². The van der Waals surface area contributed by atoms with E-state index in [0.29, 0.717) is 6.61 Å². The van der Waals surface area contributed by atoms with Gasteiger partial charge in [0.2, 0.25) is 0 Å². The summed E-state index contributed by atoms with van der Waals surface area (Å²) in [5.41, 5.74) is 5.97. The Bertz CT molecular complexity index is 310.